The van der Waals surface area contributed by atoms with Crippen LogP contribution < -0.4 is 0 Å². The molecule has 0 aromatic heterocycles. The Balaban J connectivity index is 3.87. The van der Waals surface area contributed by atoms with Crippen LogP contribution in [-0.2, 0) is 0 Å². The second-order valence-electron chi connectivity index (χ2n) is 4.72. The summed E-state index contributed by atoms with van der Waals surface area (Å²) in [5.74, 6) is 0. The van der Waals surface area contributed by atoms with Gasteiger partial charge < -0.3 is 10.2 Å². The third-order valence-electron chi connectivity index (χ3n) is 2.85. The zero-order chi connectivity index (χ0) is 13.3. The molecule has 0 spiro atoms. The Morgan fingerprint density at radius 1 is 1.12 bits per heavy atom. The summed E-state index contributed by atoms with van der Waals surface area (Å²) in [6.45, 7) is 9.84. The summed E-state index contributed by atoms with van der Waals surface area (Å²) in [5.41, 5.74) is 3.36. The molecular weight excluding hydrogens is 212 g/mol. The van der Waals surface area contributed by atoms with Crippen LogP contribution in [0.15, 0.2) is 35.5 Å². The summed E-state index contributed by atoms with van der Waals surface area (Å²) in [6, 6.07) is 0. The number of hydrogen-bond donors (Lipinski definition) is 2. The van der Waals surface area contributed by atoms with Crippen molar-refractivity contribution >= 4 is 0 Å². The molecule has 0 aromatic rings. The molecule has 0 fully saturated rings. The van der Waals surface area contributed by atoms with Crippen molar-refractivity contribution in [3.8, 4) is 0 Å². The average molecular weight is 238 g/mol. The van der Waals surface area contributed by atoms with Crippen LogP contribution >= 0.6 is 0 Å². The first-order chi connectivity index (χ1) is 7.97. The van der Waals surface area contributed by atoms with E-state index in [-0.39, 0.29) is 12.7 Å². The highest BCUT2D eigenvalue weighted by Crippen LogP contribution is 2.13. The van der Waals surface area contributed by atoms with E-state index in [2.05, 4.69) is 19.6 Å². The highest BCUT2D eigenvalue weighted by Gasteiger charge is 2.03. The lowest BCUT2D eigenvalue weighted by Gasteiger charge is -2.09. The predicted octanol–water partition coefficient (Wildman–Crippen LogP) is 3.37. The van der Waals surface area contributed by atoms with Crippen LogP contribution in [0.3, 0.4) is 0 Å². The highest BCUT2D eigenvalue weighted by molar-refractivity contribution is 5.05. The third kappa shape index (κ3) is 8.90. The fraction of sp³-hybridized carbons (Fsp3) is 0.600. The van der Waals surface area contributed by atoms with Crippen molar-refractivity contribution in [2.45, 2.75) is 52.6 Å². The zero-order valence-electron chi connectivity index (χ0n) is 11.4. The fourth-order valence-corrected chi connectivity index (χ4v) is 1.52. The van der Waals surface area contributed by atoms with Gasteiger partial charge in [-0.15, -0.1) is 0 Å². The van der Waals surface area contributed by atoms with Gasteiger partial charge in [-0.3, -0.25) is 0 Å². The summed E-state index contributed by atoms with van der Waals surface area (Å²) in [6.07, 6.45) is 7.32. The lowest BCUT2D eigenvalue weighted by Crippen LogP contribution is -2.06. The molecule has 98 valence electrons. The molecule has 0 radical (unpaired) electrons. The molecule has 1 unspecified atom stereocenters. The summed E-state index contributed by atoms with van der Waals surface area (Å²) < 4.78 is 0. The van der Waals surface area contributed by atoms with E-state index in [0.29, 0.717) is 0 Å². The van der Waals surface area contributed by atoms with E-state index in [4.69, 9.17) is 5.11 Å². The van der Waals surface area contributed by atoms with E-state index in [0.717, 1.165) is 31.3 Å². The molecule has 1 atom stereocenters. The van der Waals surface area contributed by atoms with Crippen LogP contribution in [0.1, 0.15) is 46.5 Å². The molecule has 17 heavy (non-hydrogen) atoms. The van der Waals surface area contributed by atoms with Crippen molar-refractivity contribution in [1.82, 2.24) is 0 Å². The van der Waals surface area contributed by atoms with Gasteiger partial charge in [0.25, 0.3) is 0 Å². The predicted molar refractivity (Wildman–Crippen MR) is 73.9 cm³/mol. The Bertz CT molecular complexity index is 287. The largest absolute Gasteiger partial charge is 0.392 e. The second kappa shape index (κ2) is 9.20. The van der Waals surface area contributed by atoms with E-state index in [1.165, 1.54) is 11.1 Å². The Kier molecular flexibility index (Phi) is 8.73. The van der Waals surface area contributed by atoms with E-state index in [1.807, 2.05) is 19.9 Å². The Morgan fingerprint density at radius 2 is 1.71 bits per heavy atom. The molecule has 0 rings (SSSR count). The maximum atomic E-state index is 9.60. The first-order valence-corrected chi connectivity index (χ1v) is 6.23. The Morgan fingerprint density at radius 3 is 2.24 bits per heavy atom. The van der Waals surface area contributed by atoms with Gasteiger partial charge in [0.05, 0.1) is 12.7 Å². The van der Waals surface area contributed by atoms with Crippen LogP contribution in [0.2, 0.25) is 0 Å². The molecule has 0 aromatic carbocycles. The normalized spacial score (nSPS) is 14.9. The van der Waals surface area contributed by atoms with Crippen LogP contribution in [0.5, 0.6) is 0 Å². The lowest BCUT2D eigenvalue weighted by molar-refractivity contribution is 0.201. The molecule has 2 nitrogen and oxygen atoms in total. The molecule has 0 bridgehead atoms. The maximum Gasteiger partial charge on any atom is 0.0747 e. The van der Waals surface area contributed by atoms with Gasteiger partial charge in [-0.2, -0.15) is 0 Å². The maximum absolute atomic E-state index is 9.60. The minimum atomic E-state index is -0.380. The van der Waals surface area contributed by atoms with Gasteiger partial charge in [-0.25, -0.2) is 0 Å². The fourth-order valence-electron chi connectivity index (χ4n) is 1.52. The van der Waals surface area contributed by atoms with E-state index >= 15 is 0 Å². The van der Waals surface area contributed by atoms with Crippen molar-refractivity contribution < 1.29 is 10.2 Å². The topological polar surface area (TPSA) is 40.5 Å². The van der Waals surface area contributed by atoms with Crippen molar-refractivity contribution in [2.75, 3.05) is 6.61 Å². The van der Waals surface area contributed by atoms with Gasteiger partial charge >= 0.3 is 0 Å². The monoisotopic (exact) mass is 238 g/mol. The zero-order valence-corrected chi connectivity index (χ0v) is 11.4. The van der Waals surface area contributed by atoms with E-state index in [9.17, 15) is 5.11 Å². The number of rotatable bonds is 8. The molecule has 0 amide bonds. The van der Waals surface area contributed by atoms with Gasteiger partial charge in [-0.05, 0) is 46.5 Å². The van der Waals surface area contributed by atoms with Crippen molar-refractivity contribution in [3.63, 3.8) is 0 Å². The lowest BCUT2D eigenvalue weighted by atomic mass is 10.0. The minimum Gasteiger partial charge on any atom is -0.392 e. The first kappa shape index (κ1) is 16.1. The van der Waals surface area contributed by atoms with Gasteiger partial charge in [0.15, 0.2) is 0 Å². The summed E-state index contributed by atoms with van der Waals surface area (Å²) >= 11 is 0. The Hall–Kier alpha value is -0.860. The van der Waals surface area contributed by atoms with Gasteiger partial charge in [0, 0.05) is 0 Å². The number of allylic oxidation sites excluding steroid dienone is 3. The van der Waals surface area contributed by atoms with Crippen LogP contribution in [0.4, 0.5) is 0 Å². The van der Waals surface area contributed by atoms with E-state index in [1.54, 1.807) is 0 Å². The van der Waals surface area contributed by atoms with E-state index < -0.39 is 0 Å². The van der Waals surface area contributed by atoms with Gasteiger partial charge in [0.2, 0.25) is 0 Å². The number of aliphatic hydroxyl groups excluding tert-OH is 2. The third-order valence-corrected chi connectivity index (χ3v) is 2.85. The summed E-state index contributed by atoms with van der Waals surface area (Å²) in [5, 5.41) is 18.3. The second-order valence-corrected chi connectivity index (χ2v) is 4.72. The average Bonchev–Trinajstić information content (AvgIpc) is 2.26. The molecule has 0 saturated carbocycles. The van der Waals surface area contributed by atoms with Gasteiger partial charge in [0.1, 0.15) is 0 Å². The molecule has 0 saturated heterocycles. The number of hydrogen-bond acceptors (Lipinski definition) is 2. The molecule has 2 N–H and O–H groups in total. The molecule has 0 aliphatic carbocycles. The molecule has 2 heteroatoms. The molecule has 0 aliphatic heterocycles. The molecule has 0 aliphatic rings. The quantitative estimate of drug-likeness (QED) is 0.636. The van der Waals surface area contributed by atoms with Crippen LogP contribution in [0.25, 0.3) is 0 Å². The first-order valence-electron chi connectivity index (χ1n) is 6.23. The van der Waals surface area contributed by atoms with Crippen LogP contribution in [-0.4, -0.2) is 22.9 Å². The summed E-state index contributed by atoms with van der Waals surface area (Å²) in [4.78, 5) is 0. The van der Waals surface area contributed by atoms with Crippen molar-refractivity contribution in [2.24, 2.45) is 0 Å². The standard InChI is InChI=1S/C15H26O2/c1-12(2)15(17)9-8-13(3)6-5-7-14(4)10-11-16/h6,10,15-17H,1,5,7-9,11H2,2-4H3/b13-6+,14-10-. The highest BCUT2D eigenvalue weighted by atomic mass is 16.3. The minimum absolute atomic E-state index is 0.124. The number of aliphatic hydroxyl groups is 2. The molecule has 0 heterocycles. The van der Waals surface area contributed by atoms with Crippen LogP contribution in [0, 0.1) is 0 Å². The Labute approximate surface area is 105 Å². The van der Waals surface area contributed by atoms with Crippen molar-refractivity contribution in [1.29, 1.82) is 0 Å². The van der Waals surface area contributed by atoms with Crippen molar-refractivity contribution in [3.05, 3.63) is 35.5 Å². The molecular formula is C15H26O2. The smallest absolute Gasteiger partial charge is 0.0747 e. The SMILES string of the molecule is C=C(C)C(O)CC/C(C)=C/CC/C(C)=C\CO. The summed E-state index contributed by atoms with van der Waals surface area (Å²) in [7, 11) is 0. The van der Waals surface area contributed by atoms with Gasteiger partial charge in [-0.1, -0.05) is 35.5 Å².